The summed E-state index contributed by atoms with van der Waals surface area (Å²) in [6.45, 7) is 2.74. The Balaban J connectivity index is 1.41. The number of H-pyrrole nitrogens is 1. The molecule has 1 fully saturated rings. The van der Waals surface area contributed by atoms with Crippen LogP contribution < -0.4 is 11.1 Å². The van der Waals surface area contributed by atoms with E-state index < -0.39 is 12.1 Å². The number of nitrogens with one attached hydrogen (secondary N) is 2. The molecule has 37 heavy (non-hydrogen) atoms. The van der Waals surface area contributed by atoms with E-state index in [9.17, 15) is 9.59 Å². The lowest BCUT2D eigenvalue weighted by molar-refractivity contribution is -0.137. The summed E-state index contributed by atoms with van der Waals surface area (Å²) in [6, 6.07) is 8.82. The zero-order valence-corrected chi connectivity index (χ0v) is 21.6. The third-order valence-corrected chi connectivity index (χ3v) is 7.40. The lowest BCUT2D eigenvalue weighted by Crippen LogP contribution is -2.54. The second-order valence-electron chi connectivity index (χ2n) is 9.75. The van der Waals surface area contributed by atoms with Crippen LogP contribution in [0.5, 0.6) is 0 Å². The van der Waals surface area contributed by atoms with Crippen LogP contribution in [0.25, 0.3) is 5.57 Å². The smallest absolute Gasteiger partial charge is 0.245 e. The fourth-order valence-corrected chi connectivity index (χ4v) is 5.41. The van der Waals surface area contributed by atoms with Crippen LogP contribution in [0.1, 0.15) is 47.8 Å². The molecule has 0 radical (unpaired) electrons. The van der Waals surface area contributed by atoms with E-state index in [1.807, 2.05) is 23.2 Å². The van der Waals surface area contributed by atoms with Crippen molar-refractivity contribution in [2.75, 3.05) is 13.1 Å². The Morgan fingerprint density at radius 2 is 1.95 bits per heavy atom. The molecule has 1 saturated heterocycles. The van der Waals surface area contributed by atoms with Crippen LogP contribution in [0.4, 0.5) is 0 Å². The molecule has 2 amide bonds. The maximum atomic E-state index is 13.5. The van der Waals surface area contributed by atoms with Crippen molar-refractivity contribution < 1.29 is 9.59 Å². The molecule has 1 aliphatic carbocycles. The Bertz CT molecular complexity index is 1320. The number of aromatic nitrogens is 3. The first kappa shape index (κ1) is 25.2. The summed E-state index contributed by atoms with van der Waals surface area (Å²) in [6.07, 6.45) is 8.68. The van der Waals surface area contributed by atoms with Crippen molar-refractivity contribution in [2.24, 2.45) is 5.73 Å². The van der Waals surface area contributed by atoms with Crippen molar-refractivity contribution in [3.63, 3.8) is 0 Å². The molecule has 9 heteroatoms. The minimum Gasteiger partial charge on any atom is -0.348 e. The van der Waals surface area contributed by atoms with Gasteiger partial charge < -0.3 is 20.9 Å². The van der Waals surface area contributed by atoms with Crippen LogP contribution >= 0.6 is 11.6 Å². The van der Waals surface area contributed by atoms with Crippen molar-refractivity contribution in [3.8, 4) is 0 Å². The molecule has 1 aliphatic heterocycles. The number of amides is 2. The number of aromatic amines is 1. The van der Waals surface area contributed by atoms with Gasteiger partial charge >= 0.3 is 0 Å². The molecule has 2 aliphatic rings. The molecule has 4 N–H and O–H groups in total. The number of benzene rings is 1. The molecule has 3 aromatic rings. The van der Waals surface area contributed by atoms with Gasteiger partial charge in [0.25, 0.3) is 0 Å². The van der Waals surface area contributed by atoms with E-state index in [4.69, 9.17) is 22.3 Å². The van der Waals surface area contributed by atoms with Crippen LogP contribution in [0.2, 0.25) is 5.02 Å². The highest BCUT2D eigenvalue weighted by Crippen LogP contribution is 2.38. The van der Waals surface area contributed by atoms with Crippen LogP contribution in [0.3, 0.4) is 0 Å². The van der Waals surface area contributed by atoms with E-state index in [1.54, 1.807) is 19.4 Å². The predicted molar refractivity (Wildman–Crippen MR) is 143 cm³/mol. The molecule has 0 saturated carbocycles. The molecular weight excluding hydrogens is 488 g/mol. The molecule has 0 spiro atoms. The highest BCUT2D eigenvalue weighted by molar-refractivity contribution is 6.30. The van der Waals surface area contributed by atoms with Gasteiger partial charge in [-0.3, -0.25) is 14.6 Å². The summed E-state index contributed by atoms with van der Waals surface area (Å²) < 4.78 is 0. The minimum absolute atomic E-state index is 0.112. The van der Waals surface area contributed by atoms with Crippen LogP contribution in [0.15, 0.2) is 54.6 Å². The van der Waals surface area contributed by atoms with Gasteiger partial charge in [0, 0.05) is 48.2 Å². The van der Waals surface area contributed by atoms with Gasteiger partial charge in [-0.2, -0.15) is 0 Å². The zero-order valence-electron chi connectivity index (χ0n) is 20.8. The van der Waals surface area contributed by atoms with Crippen molar-refractivity contribution in [1.29, 1.82) is 0 Å². The van der Waals surface area contributed by atoms with Gasteiger partial charge in [0.15, 0.2) is 0 Å². The molecule has 3 heterocycles. The van der Waals surface area contributed by atoms with Crippen LogP contribution in [-0.4, -0.2) is 56.8 Å². The second kappa shape index (κ2) is 10.9. The van der Waals surface area contributed by atoms with E-state index in [2.05, 4.69) is 33.5 Å². The van der Waals surface area contributed by atoms with Crippen molar-refractivity contribution in [1.82, 2.24) is 25.2 Å². The molecule has 1 aromatic carbocycles. The van der Waals surface area contributed by atoms with E-state index >= 15 is 0 Å². The molecule has 2 atom stereocenters. The Kier molecular flexibility index (Phi) is 7.39. The van der Waals surface area contributed by atoms with E-state index in [1.165, 1.54) is 27.8 Å². The number of likely N-dealkylation sites (tertiary alicyclic amines) is 1. The van der Waals surface area contributed by atoms with Gasteiger partial charge in [-0.15, -0.1) is 0 Å². The number of hydrogen-bond acceptors (Lipinski definition) is 5. The Morgan fingerprint density at radius 3 is 2.68 bits per heavy atom. The fourth-order valence-electron chi connectivity index (χ4n) is 5.22. The summed E-state index contributed by atoms with van der Waals surface area (Å²) in [5.74, 6) is -0.465. The number of imidazole rings is 1. The zero-order chi connectivity index (χ0) is 25.9. The lowest BCUT2D eigenvalue weighted by Gasteiger charge is -2.33. The first-order valence-electron chi connectivity index (χ1n) is 12.7. The maximum absolute atomic E-state index is 13.5. The number of carbonyl (C=O) groups excluding carboxylic acids is 2. The first-order valence-corrected chi connectivity index (χ1v) is 13.1. The third kappa shape index (κ3) is 5.45. The number of piperidine rings is 1. The standard InChI is InChI=1S/C28H31ClN6O2/c1-17(30)27(36)34-24(14-22-15-31-16-33-22)28(37)35-11-8-18(9-12-35)25-23-7-6-21(29)13-20(23)5-4-19-3-2-10-32-26(19)25/h2-3,6-7,10,13,15-17,24H,4-5,8-9,11-12,14,30H2,1H3,(H,31,33)(H,34,36). The van der Waals surface area contributed by atoms with Gasteiger partial charge in [-0.05, 0) is 67.5 Å². The van der Waals surface area contributed by atoms with E-state index in [-0.39, 0.29) is 11.8 Å². The number of rotatable bonds is 5. The normalized spacial score (nSPS) is 16.9. The Labute approximate surface area is 221 Å². The summed E-state index contributed by atoms with van der Waals surface area (Å²) >= 11 is 6.34. The Morgan fingerprint density at radius 1 is 1.16 bits per heavy atom. The molecule has 0 bridgehead atoms. The largest absolute Gasteiger partial charge is 0.348 e. The van der Waals surface area contributed by atoms with Gasteiger partial charge in [-0.1, -0.05) is 29.3 Å². The fraction of sp³-hybridized carbons (Fsp3) is 0.357. The lowest BCUT2D eigenvalue weighted by atomic mass is 9.88. The maximum Gasteiger partial charge on any atom is 0.245 e. The minimum atomic E-state index is -0.712. The summed E-state index contributed by atoms with van der Waals surface area (Å²) in [7, 11) is 0. The van der Waals surface area contributed by atoms with Gasteiger partial charge in [0.2, 0.25) is 11.8 Å². The summed E-state index contributed by atoms with van der Waals surface area (Å²) in [4.78, 5) is 39.6. The van der Waals surface area contributed by atoms with E-state index in [0.29, 0.717) is 19.5 Å². The van der Waals surface area contributed by atoms with Gasteiger partial charge in [0.05, 0.1) is 18.1 Å². The topological polar surface area (TPSA) is 117 Å². The first-order chi connectivity index (χ1) is 17.9. The van der Waals surface area contributed by atoms with Crippen molar-refractivity contribution in [3.05, 3.63) is 87.7 Å². The second-order valence-corrected chi connectivity index (χ2v) is 10.2. The van der Waals surface area contributed by atoms with E-state index in [0.717, 1.165) is 42.1 Å². The third-order valence-electron chi connectivity index (χ3n) is 7.17. The van der Waals surface area contributed by atoms with Gasteiger partial charge in [0.1, 0.15) is 6.04 Å². The molecular formula is C28H31ClN6O2. The number of halogens is 1. The molecule has 8 nitrogen and oxygen atoms in total. The molecule has 5 rings (SSSR count). The average molecular weight is 519 g/mol. The number of carbonyl (C=O) groups is 2. The number of nitrogens with two attached hydrogens (primary N) is 1. The average Bonchev–Trinajstić information content (AvgIpc) is 3.36. The summed E-state index contributed by atoms with van der Waals surface area (Å²) in [5, 5.41) is 3.56. The SMILES string of the molecule is CC(N)C(=O)NC(Cc1cnc[nH]1)C(=O)N1CCC(=C2c3ccc(Cl)cc3CCc3cccnc32)CC1. The predicted octanol–water partition coefficient (Wildman–Crippen LogP) is 3.06. The molecule has 192 valence electrons. The van der Waals surface area contributed by atoms with Crippen molar-refractivity contribution >= 4 is 29.0 Å². The Hall–Kier alpha value is -3.49. The number of nitrogens with zero attached hydrogens (tertiary/aromatic N) is 3. The number of aryl methyl sites for hydroxylation is 2. The van der Waals surface area contributed by atoms with Crippen molar-refractivity contribution in [2.45, 2.75) is 51.1 Å². The molecule has 2 unspecified atom stereocenters. The number of fused-ring (bicyclic) bond motifs is 2. The number of pyridine rings is 1. The van der Waals surface area contributed by atoms with Crippen LogP contribution in [-0.2, 0) is 28.9 Å². The number of hydrogen-bond donors (Lipinski definition) is 3. The van der Waals surface area contributed by atoms with Crippen LogP contribution in [0, 0.1) is 0 Å². The quantitative estimate of drug-likeness (QED) is 0.480. The molecule has 2 aromatic heterocycles. The highest BCUT2D eigenvalue weighted by Gasteiger charge is 2.31. The van der Waals surface area contributed by atoms with Gasteiger partial charge in [-0.25, -0.2) is 4.98 Å². The monoisotopic (exact) mass is 518 g/mol. The summed E-state index contributed by atoms with van der Waals surface area (Å²) in [5.41, 5.74) is 13.7. The highest BCUT2D eigenvalue weighted by atomic mass is 35.5.